The Bertz CT molecular complexity index is 1390. The van der Waals surface area contributed by atoms with Gasteiger partial charge in [-0.2, -0.15) is 0 Å². The second kappa shape index (κ2) is 7.24. The SMILES string of the molecule is Cc1c(C(=O)COC(=O)c2ccc3c(c2)SC2=NS(=O)(=O)CCN23)oc2ccccc12. The molecule has 31 heavy (non-hydrogen) atoms. The number of esters is 1. The van der Waals surface area contributed by atoms with Gasteiger partial charge in [-0.1, -0.05) is 18.2 Å². The van der Waals surface area contributed by atoms with E-state index in [4.69, 9.17) is 9.15 Å². The van der Waals surface area contributed by atoms with Crippen molar-refractivity contribution in [2.45, 2.75) is 11.8 Å². The van der Waals surface area contributed by atoms with Crippen molar-refractivity contribution in [3.63, 3.8) is 0 Å². The zero-order chi connectivity index (χ0) is 21.8. The maximum atomic E-state index is 12.5. The van der Waals surface area contributed by atoms with Gasteiger partial charge in [0.05, 0.1) is 17.0 Å². The van der Waals surface area contributed by atoms with Gasteiger partial charge in [0.2, 0.25) is 5.78 Å². The molecule has 1 aromatic heterocycles. The van der Waals surface area contributed by atoms with E-state index < -0.39 is 28.4 Å². The van der Waals surface area contributed by atoms with Crippen LogP contribution in [0.25, 0.3) is 11.0 Å². The highest BCUT2D eigenvalue weighted by molar-refractivity contribution is 8.15. The minimum atomic E-state index is -3.45. The minimum absolute atomic E-state index is 0.0520. The predicted molar refractivity (Wildman–Crippen MR) is 116 cm³/mol. The molecule has 8 nitrogen and oxygen atoms in total. The number of furan rings is 1. The Balaban J connectivity index is 1.31. The first kappa shape index (κ1) is 19.8. The van der Waals surface area contributed by atoms with Gasteiger partial charge >= 0.3 is 5.97 Å². The highest BCUT2D eigenvalue weighted by Crippen LogP contribution is 2.42. The first-order valence-electron chi connectivity index (χ1n) is 9.43. The third-order valence-electron chi connectivity index (χ3n) is 5.14. The maximum absolute atomic E-state index is 12.5. The number of para-hydroxylation sites is 1. The molecule has 0 radical (unpaired) electrons. The predicted octanol–water partition coefficient (Wildman–Crippen LogP) is 3.39. The lowest BCUT2D eigenvalue weighted by Gasteiger charge is -2.22. The smallest absolute Gasteiger partial charge is 0.338 e. The lowest BCUT2D eigenvalue weighted by Crippen LogP contribution is -2.35. The summed E-state index contributed by atoms with van der Waals surface area (Å²) >= 11 is 1.19. The number of hydrogen-bond acceptors (Lipinski definition) is 8. The number of aryl methyl sites for hydroxylation is 1. The molecule has 0 fully saturated rings. The van der Waals surface area contributed by atoms with Gasteiger partial charge in [-0.05, 0) is 43.0 Å². The molecule has 3 heterocycles. The van der Waals surface area contributed by atoms with Crippen LogP contribution in [-0.4, -0.2) is 44.2 Å². The number of rotatable bonds is 4. The van der Waals surface area contributed by atoms with E-state index in [9.17, 15) is 18.0 Å². The number of thioether (sulfide) groups is 1. The number of Topliss-reactive ketones (excluding diaryl/α,β-unsaturated/α-hetero) is 1. The van der Waals surface area contributed by atoms with Crippen molar-refractivity contribution < 1.29 is 27.2 Å². The molecule has 0 saturated heterocycles. The molecular formula is C21H16N2O6S2. The molecule has 0 saturated carbocycles. The summed E-state index contributed by atoms with van der Waals surface area (Å²) in [5, 5.41) is 1.22. The van der Waals surface area contributed by atoms with Crippen molar-refractivity contribution in [3.05, 3.63) is 59.4 Å². The van der Waals surface area contributed by atoms with Crippen LogP contribution < -0.4 is 4.90 Å². The van der Waals surface area contributed by atoms with Crippen molar-refractivity contribution in [1.82, 2.24) is 0 Å². The van der Waals surface area contributed by atoms with E-state index in [2.05, 4.69) is 4.40 Å². The van der Waals surface area contributed by atoms with Crippen LogP contribution in [0.3, 0.4) is 0 Å². The monoisotopic (exact) mass is 456 g/mol. The molecule has 0 amide bonds. The molecule has 10 heteroatoms. The topological polar surface area (TPSA) is 106 Å². The number of amidine groups is 1. The van der Waals surface area contributed by atoms with Gasteiger partial charge in [-0.15, -0.1) is 4.40 Å². The highest BCUT2D eigenvalue weighted by atomic mass is 32.2. The number of hydrogen-bond donors (Lipinski definition) is 0. The third-order valence-corrected chi connectivity index (χ3v) is 7.45. The molecule has 2 aliphatic rings. The van der Waals surface area contributed by atoms with Crippen LogP contribution in [0.4, 0.5) is 5.69 Å². The fourth-order valence-electron chi connectivity index (χ4n) is 3.58. The quantitative estimate of drug-likeness (QED) is 0.434. The van der Waals surface area contributed by atoms with E-state index in [0.717, 1.165) is 11.1 Å². The standard InChI is InChI=1S/C21H16N2O6S2/c1-12-14-4-2-3-5-17(14)29-19(12)16(24)11-28-20(25)13-6-7-15-18(10-13)30-21-22-31(26,27)9-8-23(15)21/h2-7,10H,8-9,11H2,1H3. The maximum Gasteiger partial charge on any atom is 0.338 e. The summed E-state index contributed by atoms with van der Waals surface area (Å²) in [6, 6.07) is 12.2. The van der Waals surface area contributed by atoms with Gasteiger partial charge in [0.25, 0.3) is 10.0 Å². The third kappa shape index (κ3) is 3.51. The normalized spacial score (nSPS) is 16.5. The summed E-state index contributed by atoms with van der Waals surface area (Å²) in [6.07, 6.45) is 0. The molecular weight excluding hydrogens is 440 g/mol. The molecule has 0 N–H and O–H groups in total. The van der Waals surface area contributed by atoms with Gasteiger partial charge in [-0.3, -0.25) is 4.79 Å². The second-order valence-electron chi connectivity index (χ2n) is 7.15. The molecule has 3 aromatic rings. The van der Waals surface area contributed by atoms with Crippen LogP contribution in [0.5, 0.6) is 0 Å². The fourth-order valence-corrected chi connectivity index (χ4v) is 5.87. The van der Waals surface area contributed by atoms with E-state index in [1.165, 1.54) is 11.8 Å². The number of benzene rings is 2. The van der Waals surface area contributed by atoms with Crippen LogP contribution in [0.2, 0.25) is 0 Å². The number of sulfonamides is 1. The van der Waals surface area contributed by atoms with E-state index >= 15 is 0 Å². The summed E-state index contributed by atoms with van der Waals surface area (Å²) < 4.78 is 38.1. The Morgan fingerprint density at radius 1 is 1.23 bits per heavy atom. The van der Waals surface area contributed by atoms with E-state index in [-0.39, 0.29) is 17.1 Å². The molecule has 0 spiro atoms. The fraction of sp³-hybridized carbons (Fsp3) is 0.190. The van der Waals surface area contributed by atoms with Crippen LogP contribution in [0.1, 0.15) is 26.5 Å². The average molecular weight is 457 g/mol. The summed E-state index contributed by atoms with van der Waals surface area (Å²) in [6.45, 7) is 1.66. The van der Waals surface area contributed by atoms with Gasteiger partial charge in [0.1, 0.15) is 5.58 Å². The number of carbonyl (C=O) groups excluding carboxylic acids is 2. The van der Waals surface area contributed by atoms with Crippen molar-refractivity contribution >= 4 is 55.4 Å². The molecule has 0 bridgehead atoms. The first-order chi connectivity index (χ1) is 14.8. The average Bonchev–Trinajstić information content (AvgIpc) is 3.27. The number of fused-ring (bicyclic) bond motifs is 4. The van der Waals surface area contributed by atoms with Crippen molar-refractivity contribution in [2.75, 3.05) is 23.8 Å². The molecule has 2 aromatic carbocycles. The minimum Gasteiger partial charge on any atom is -0.454 e. The van der Waals surface area contributed by atoms with Crippen molar-refractivity contribution in [2.24, 2.45) is 4.40 Å². The zero-order valence-electron chi connectivity index (χ0n) is 16.3. The van der Waals surface area contributed by atoms with Gasteiger partial charge < -0.3 is 14.1 Å². The largest absolute Gasteiger partial charge is 0.454 e. The van der Waals surface area contributed by atoms with E-state index in [1.54, 1.807) is 31.2 Å². The van der Waals surface area contributed by atoms with Crippen molar-refractivity contribution in [3.8, 4) is 0 Å². The molecule has 158 valence electrons. The first-order valence-corrected chi connectivity index (χ1v) is 11.9. The Labute approximate surface area is 181 Å². The number of ketones is 1. The second-order valence-corrected chi connectivity index (χ2v) is 9.91. The lowest BCUT2D eigenvalue weighted by atomic mass is 10.1. The number of anilines is 1. The molecule has 5 rings (SSSR count). The Kier molecular flexibility index (Phi) is 4.63. The summed E-state index contributed by atoms with van der Waals surface area (Å²) in [4.78, 5) is 27.6. The summed E-state index contributed by atoms with van der Waals surface area (Å²) in [5.41, 5.74) is 2.37. The Morgan fingerprint density at radius 3 is 2.84 bits per heavy atom. The van der Waals surface area contributed by atoms with Crippen LogP contribution in [0, 0.1) is 6.92 Å². The van der Waals surface area contributed by atoms with Crippen LogP contribution in [-0.2, 0) is 14.8 Å². The van der Waals surface area contributed by atoms with E-state index in [0.29, 0.717) is 27.8 Å². The Morgan fingerprint density at radius 2 is 2.03 bits per heavy atom. The van der Waals surface area contributed by atoms with E-state index in [1.807, 2.05) is 23.1 Å². The van der Waals surface area contributed by atoms with Crippen LogP contribution in [0.15, 0.2) is 56.2 Å². The molecule has 0 aliphatic carbocycles. The van der Waals surface area contributed by atoms with Gasteiger partial charge in [0.15, 0.2) is 17.5 Å². The Hall–Kier alpha value is -3.11. The molecule has 0 atom stereocenters. The summed E-state index contributed by atoms with van der Waals surface area (Å²) in [7, 11) is -3.45. The highest BCUT2D eigenvalue weighted by Gasteiger charge is 2.33. The molecule has 2 aliphatic heterocycles. The van der Waals surface area contributed by atoms with Crippen LogP contribution >= 0.6 is 11.8 Å². The number of ether oxygens (including phenoxy) is 1. The van der Waals surface area contributed by atoms with Gasteiger partial charge in [-0.25, -0.2) is 13.2 Å². The molecule has 0 unspecified atom stereocenters. The number of carbonyl (C=O) groups is 2. The lowest BCUT2D eigenvalue weighted by molar-refractivity contribution is 0.0468. The van der Waals surface area contributed by atoms with Gasteiger partial charge in [0, 0.05) is 22.4 Å². The number of nitrogens with zero attached hydrogens (tertiary/aromatic N) is 2. The zero-order valence-corrected chi connectivity index (χ0v) is 18.0. The summed E-state index contributed by atoms with van der Waals surface area (Å²) in [5.74, 6) is -0.947. The van der Waals surface area contributed by atoms with Crippen molar-refractivity contribution in [1.29, 1.82) is 0 Å².